The molecule has 25 heavy (non-hydrogen) atoms. The highest BCUT2D eigenvalue weighted by Gasteiger charge is 2.49. The van der Waals surface area contributed by atoms with Gasteiger partial charge in [-0.15, -0.1) is 0 Å². The Balaban J connectivity index is 1.44. The van der Waals surface area contributed by atoms with E-state index < -0.39 is 0 Å². The van der Waals surface area contributed by atoms with Crippen LogP contribution in [-0.2, 0) is 16.1 Å². The number of hydrogen-bond donors (Lipinski definition) is 0. The summed E-state index contributed by atoms with van der Waals surface area (Å²) in [6, 6.07) is -0.000737. The zero-order valence-corrected chi connectivity index (χ0v) is 14.9. The van der Waals surface area contributed by atoms with Gasteiger partial charge in [-0.25, -0.2) is 4.79 Å². The van der Waals surface area contributed by atoms with Gasteiger partial charge in [0.15, 0.2) is 0 Å². The third-order valence-electron chi connectivity index (χ3n) is 5.93. The summed E-state index contributed by atoms with van der Waals surface area (Å²) in [5, 5.41) is 3.97. The predicted octanol–water partition coefficient (Wildman–Crippen LogP) is 2.55. The summed E-state index contributed by atoms with van der Waals surface area (Å²) in [6.07, 6.45) is 5.19. The number of rotatable bonds is 3. The number of fused-ring (bicyclic) bond motifs is 1. The van der Waals surface area contributed by atoms with E-state index in [1.165, 1.54) is 0 Å². The number of carbonyl (C=O) groups is 2. The van der Waals surface area contributed by atoms with Crippen molar-refractivity contribution in [2.75, 3.05) is 6.54 Å². The Kier molecular flexibility index (Phi) is 4.17. The summed E-state index contributed by atoms with van der Waals surface area (Å²) < 4.78 is 10.9. The van der Waals surface area contributed by atoms with Gasteiger partial charge in [-0.1, -0.05) is 5.16 Å². The summed E-state index contributed by atoms with van der Waals surface area (Å²) in [5.74, 6) is 0.845. The van der Waals surface area contributed by atoms with Crippen molar-refractivity contribution in [2.24, 2.45) is 0 Å². The van der Waals surface area contributed by atoms with Gasteiger partial charge in [0.2, 0.25) is 5.91 Å². The Morgan fingerprint density at radius 2 is 2.00 bits per heavy atom. The summed E-state index contributed by atoms with van der Waals surface area (Å²) in [4.78, 5) is 28.7. The number of aromatic nitrogens is 1. The normalized spacial score (nSPS) is 26.6. The Hall–Kier alpha value is -2.05. The molecule has 2 amide bonds. The average Bonchev–Trinajstić information content (AvgIpc) is 3.32. The van der Waals surface area contributed by atoms with Gasteiger partial charge >= 0.3 is 6.09 Å². The van der Waals surface area contributed by atoms with Crippen LogP contribution in [0.25, 0.3) is 0 Å². The van der Waals surface area contributed by atoms with Crippen molar-refractivity contribution in [3.05, 3.63) is 17.0 Å². The lowest BCUT2D eigenvalue weighted by Gasteiger charge is -2.26. The molecule has 0 bridgehead atoms. The smallest absolute Gasteiger partial charge is 0.410 e. The number of likely N-dealkylation sites (tertiary alicyclic amines) is 2. The van der Waals surface area contributed by atoms with E-state index in [4.69, 9.17) is 9.26 Å². The number of aryl methyl sites for hydroxylation is 2. The fourth-order valence-electron chi connectivity index (χ4n) is 4.47. The Bertz CT molecular complexity index is 660. The Morgan fingerprint density at radius 1 is 1.24 bits per heavy atom. The second-order valence-electron chi connectivity index (χ2n) is 7.44. The monoisotopic (exact) mass is 347 g/mol. The molecule has 0 aromatic carbocycles. The molecule has 0 unspecified atom stereocenters. The molecule has 3 fully saturated rings. The predicted molar refractivity (Wildman–Crippen MR) is 88.8 cm³/mol. The molecule has 1 aromatic heterocycles. The van der Waals surface area contributed by atoms with Crippen LogP contribution in [0.5, 0.6) is 0 Å². The molecule has 2 atom stereocenters. The third-order valence-corrected chi connectivity index (χ3v) is 5.93. The maximum Gasteiger partial charge on any atom is 0.410 e. The molecule has 7 nitrogen and oxygen atoms in total. The maximum absolute atomic E-state index is 12.5. The van der Waals surface area contributed by atoms with Crippen LogP contribution in [0.15, 0.2) is 4.52 Å². The molecule has 136 valence electrons. The van der Waals surface area contributed by atoms with Crippen molar-refractivity contribution in [1.82, 2.24) is 15.0 Å². The first-order valence-electron chi connectivity index (χ1n) is 9.23. The Morgan fingerprint density at radius 3 is 2.68 bits per heavy atom. The van der Waals surface area contributed by atoms with Crippen molar-refractivity contribution in [2.45, 2.75) is 77.1 Å². The second kappa shape index (κ2) is 6.35. The van der Waals surface area contributed by atoms with Crippen LogP contribution in [0.3, 0.4) is 0 Å². The zero-order valence-electron chi connectivity index (χ0n) is 14.9. The van der Waals surface area contributed by atoms with Crippen molar-refractivity contribution >= 4 is 12.0 Å². The van der Waals surface area contributed by atoms with Crippen LogP contribution in [0, 0.1) is 13.8 Å². The minimum Gasteiger partial charge on any atom is -0.446 e. The molecule has 2 saturated heterocycles. The fourth-order valence-corrected chi connectivity index (χ4v) is 4.47. The summed E-state index contributed by atoms with van der Waals surface area (Å²) in [7, 11) is 0. The van der Waals surface area contributed by atoms with Gasteiger partial charge in [0.05, 0.1) is 24.3 Å². The number of nitrogens with zero attached hydrogens (tertiary/aromatic N) is 3. The highest BCUT2D eigenvalue weighted by Crippen LogP contribution is 2.35. The molecular weight excluding hydrogens is 322 g/mol. The van der Waals surface area contributed by atoms with E-state index in [0.29, 0.717) is 19.5 Å². The van der Waals surface area contributed by atoms with E-state index in [0.717, 1.165) is 49.1 Å². The van der Waals surface area contributed by atoms with Crippen LogP contribution < -0.4 is 0 Å². The van der Waals surface area contributed by atoms with Crippen molar-refractivity contribution in [1.29, 1.82) is 0 Å². The van der Waals surface area contributed by atoms with Crippen LogP contribution >= 0.6 is 0 Å². The lowest BCUT2D eigenvalue weighted by atomic mass is 10.1. The molecule has 0 spiro atoms. The molecule has 7 heteroatoms. The molecule has 0 N–H and O–H groups in total. The first-order valence-corrected chi connectivity index (χ1v) is 9.23. The minimum atomic E-state index is -0.244. The second-order valence-corrected chi connectivity index (χ2v) is 7.44. The van der Waals surface area contributed by atoms with Crippen molar-refractivity contribution in [3.63, 3.8) is 0 Å². The van der Waals surface area contributed by atoms with Gasteiger partial charge in [0, 0.05) is 18.5 Å². The van der Waals surface area contributed by atoms with Crippen molar-refractivity contribution < 1.29 is 18.8 Å². The van der Waals surface area contributed by atoms with Gasteiger partial charge < -0.3 is 19.1 Å². The molecule has 3 heterocycles. The van der Waals surface area contributed by atoms with Crippen LogP contribution in [0.2, 0.25) is 0 Å². The lowest BCUT2D eigenvalue weighted by Crippen LogP contribution is -2.41. The summed E-state index contributed by atoms with van der Waals surface area (Å²) in [6.45, 7) is 4.93. The third kappa shape index (κ3) is 2.89. The molecule has 4 rings (SSSR count). The summed E-state index contributed by atoms with van der Waals surface area (Å²) in [5.41, 5.74) is 1.80. The molecule has 2 aliphatic heterocycles. The SMILES string of the molecule is Cc1noc(C)c1CN1C(=O)C[C@H]2[C@@H]1CCN2C(=O)OC1CCCC1. The van der Waals surface area contributed by atoms with E-state index >= 15 is 0 Å². The molecule has 1 aromatic rings. The molecular formula is C18H25N3O4. The van der Waals surface area contributed by atoms with Crippen LogP contribution in [0.1, 0.15) is 55.5 Å². The van der Waals surface area contributed by atoms with E-state index in [-0.39, 0.29) is 30.2 Å². The fraction of sp³-hybridized carbons (Fsp3) is 0.722. The quantitative estimate of drug-likeness (QED) is 0.840. The highest BCUT2D eigenvalue weighted by atomic mass is 16.6. The first kappa shape index (κ1) is 16.4. The standard InChI is InChI=1S/C18H25N3O4/c1-11-14(12(2)25-19-11)10-21-15-7-8-20(16(15)9-17(21)22)18(23)24-13-5-3-4-6-13/h13,15-16H,3-10H2,1-2H3/t15-,16-/m0/s1. The van der Waals surface area contributed by atoms with Gasteiger partial charge in [-0.05, 0) is 46.0 Å². The molecule has 1 saturated carbocycles. The largest absolute Gasteiger partial charge is 0.446 e. The van der Waals surface area contributed by atoms with E-state index in [1.807, 2.05) is 18.7 Å². The van der Waals surface area contributed by atoms with Crippen molar-refractivity contribution in [3.8, 4) is 0 Å². The van der Waals surface area contributed by atoms with Crippen LogP contribution in [-0.4, -0.2) is 51.7 Å². The van der Waals surface area contributed by atoms with E-state index in [1.54, 1.807) is 4.90 Å². The van der Waals surface area contributed by atoms with Gasteiger partial charge in [0.25, 0.3) is 0 Å². The lowest BCUT2D eigenvalue weighted by molar-refractivity contribution is -0.129. The number of hydrogen-bond acceptors (Lipinski definition) is 5. The van der Waals surface area contributed by atoms with Crippen LogP contribution in [0.4, 0.5) is 4.79 Å². The number of ether oxygens (including phenoxy) is 1. The molecule has 3 aliphatic rings. The number of amides is 2. The van der Waals surface area contributed by atoms with E-state index in [9.17, 15) is 9.59 Å². The van der Waals surface area contributed by atoms with Gasteiger partial charge in [-0.3, -0.25) is 4.79 Å². The van der Waals surface area contributed by atoms with Gasteiger partial charge in [0.1, 0.15) is 11.9 Å². The maximum atomic E-state index is 12.5. The van der Waals surface area contributed by atoms with Gasteiger partial charge in [-0.2, -0.15) is 0 Å². The topological polar surface area (TPSA) is 75.9 Å². The first-order chi connectivity index (χ1) is 12.0. The minimum absolute atomic E-state index is 0.0575. The molecule has 0 radical (unpaired) electrons. The number of carbonyl (C=O) groups excluding carboxylic acids is 2. The highest BCUT2D eigenvalue weighted by molar-refractivity contribution is 5.82. The summed E-state index contributed by atoms with van der Waals surface area (Å²) >= 11 is 0. The average molecular weight is 347 g/mol. The zero-order chi connectivity index (χ0) is 17.6. The Labute approximate surface area is 147 Å². The molecule has 1 aliphatic carbocycles. The van der Waals surface area contributed by atoms with E-state index in [2.05, 4.69) is 5.16 Å².